The number of benzene rings is 1. The Morgan fingerprint density at radius 3 is 3.00 bits per heavy atom. The van der Waals surface area contributed by atoms with Crippen LogP contribution in [0.4, 0.5) is 5.69 Å². The predicted molar refractivity (Wildman–Crippen MR) is 81.6 cm³/mol. The van der Waals surface area contributed by atoms with E-state index in [-0.39, 0.29) is 17.2 Å². The van der Waals surface area contributed by atoms with E-state index in [0.29, 0.717) is 0 Å². The third-order valence-corrected chi connectivity index (χ3v) is 4.98. The highest BCUT2D eigenvalue weighted by atomic mass is 16.1. The first kappa shape index (κ1) is 13.6. The topological polar surface area (TPSA) is 41.1 Å². The Hall–Kier alpha value is -1.35. The van der Waals surface area contributed by atoms with E-state index in [4.69, 9.17) is 0 Å². The van der Waals surface area contributed by atoms with Crippen LogP contribution < -0.4 is 10.6 Å². The van der Waals surface area contributed by atoms with Crippen LogP contribution in [0.15, 0.2) is 18.2 Å². The molecule has 0 radical (unpaired) electrons. The molecule has 3 rings (SSSR count). The van der Waals surface area contributed by atoms with Crippen molar-refractivity contribution in [2.45, 2.75) is 46.1 Å². The minimum Gasteiger partial charge on any atom is -0.326 e. The van der Waals surface area contributed by atoms with Crippen LogP contribution in [0.3, 0.4) is 0 Å². The Labute approximate surface area is 121 Å². The number of anilines is 1. The maximum absolute atomic E-state index is 12.6. The number of fused-ring (bicyclic) bond motifs is 1. The summed E-state index contributed by atoms with van der Waals surface area (Å²) in [5.41, 5.74) is 3.77. The van der Waals surface area contributed by atoms with Gasteiger partial charge in [0.1, 0.15) is 0 Å². The van der Waals surface area contributed by atoms with Gasteiger partial charge in [0.05, 0.1) is 0 Å². The molecule has 0 spiro atoms. The van der Waals surface area contributed by atoms with Gasteiger partial charge in [-0.25, -0.2) is 0 Å². The molecule has 0 aromatic heterocycles. The number of carbonyl (C=O) groups is 1. The highest BCUT2D eigenvalue weighted by Gasteiger charge is 2.39. The monoisotopic (exact) mass is 272 g/mol. The highest BCUT2D eigenvalue weighted by Crippen LogP contribution is 2.43. The average Bonchev–Trinajstić information content (AvgIpc) is 2.79. The lowest BCUT2D eigenvalue weighted by Gasteiger charge is -2.27. The minimum atomic E-state index is 0.136. The van der Waals surface area contributed by atoms with Gasteiger partial charge >= 0.3 is 0 Å². The van der Waals surface area contributed by atoms with Crippen LogP contribution in [-0.4, -0.2) is 12.5 Å². The second kappa shape index (κ2) is 5.21. The van der Waals surface area contributed by atoms with E-state index >= 15 is 0 Å². The number of nitrogens with one attached hydrogen (secondary N) is 2. The maximum Gasteiger partial charge on any atom is 0.228 e. The molecule has 3 nitrogen and oxygen atoms in total. The van der Waals surface area contributed by atoms with E-state index < -0.39 is 0 Å². The van der Waals surface area contributed by atoms with Gasteiger partial charge in [-0.15, -0.1) is 0 Å². The second-order valence-electron chi connectivity index (χ2n) is 6.79. The van der Waals surface area contributed by atoms with Gasteiger partial charge in [-0.3, -0.25) is 4.79 Å². The predicted octanol–water partition coefficient (Wildman–Crippen LogP) is 3.10. The standard InChI is InChI=1S/C17H24N2O/c1-17(2)9-4-6-14(17)16(20)19-15-7-3-5-12-8-10-18-11-13(12)15/h3,5,7,14,18H,4,6,8-11H2,1-2H3,(H,19,20). The smallest absolute Gasteiger partial charge is 0.228 e. The van der Waals surface area contributed by atoms with Crippen LogP contribution in [0.2, 0.25) is 0 Å². The third kappa shape index (κ3) is 2.47. The lowest BCUT2D eigenvalue weighted by atomic mass is 9.81. The van der Waals surface area contributed by atoms with Gasteiger partial charge in [0.25, 0.3) is 0 Å². The summed E-state index contributed by atoms with van der Waals surface area (Å²) < 4.78 is 0. The molecule has 1 aliphatic heterocycles. The van der Waals surface area contributed by atoms with E-state index in [2.05, 4.69) is 36.6 Å². The normalized spacial score (nSPS) is 24.2. The average molecular weight is 272 g/mol. The Balaban J connectivity index is 1.80. The van der Waals surface area contributed by atoms with Crippen molar-refractivity contribution >= 4 is 11.6 Å². The second-order valence-corrected chi connectivity index (χ2v) is 6.79. The van der Waals surface area contributed by atoms with Gasteiger partial charge in [0.15, 0.2) is 0 Å². The number of carbonyl (C=O) groups excluding carboxylic acids is 1. The SMILES string of the molecule is CC1(C)CCCC1C(=O)Nc1cccc2c1CNCC2. The van der Waals surface area contributed by atoms with Crippen molar-refractivity contribution in [3.05, 3.63) is 29.3 Å². The van der Waals surface area contributed by atoms with Crippen LogP contribution in [0.5, 0.6) is 0 Å². The van der Waals surface area contributed by atoms with E-state index in [1.165, 1.54) is 17.5 Å². The summed E-state index contributed by atoms with van der Waals surface area (Å²) in [4.78, 5) is 12.6. The Bertz CT molecular complexity index is 522. The van der Waals surface area contributed by atoms with Crippen LogP contribution in [0.25, 0.3) is 0 Å². The first-order chi connectivity index (χ1) is 9.58. The molecular formula is C17H24N2O. The summed E-state index contributed by atoms with van der Waals surface area (Å²) in [6.07, 6.45) is 4.39. The van der Waals surface area contributed by atoms with Crippen molar-refractivity contribution in [3.8, 4) is 0 Å². The van der Waals surface area contributed by atoms with Gasteiger partial charge in [-0.05, 0) is 48.4 Å². The van der Waals surface area contributed by atoms with Crippen molar-refractivity contribution < 1.29 is 4.79 Å². The lowest BCUT2D eigenvalue weighted by molar-refractivity contribution is -0.122. The molecular weight excluding hydrogens is 248 g/mol. The van der Waals surface area contributed by atoms with Crippen molar-refractivity contribution in [1.82, 2.24) is 5.32 Å². The van der Waals surface area contributed by atoms with Gasteiger partial charge in [0, 0.05) is 18.2 Å². The Morgan fingerprint density at radius 2 is 2.25 bits per heavy atom. The Kier molecular flexibility index (Phi) is 3.55. The van der Waals surface area contributed by atoms with Crippen molar-refractivity contribution in [1.29, 1.82) is 0 Å². The molecule has 1 aliphatic carbocycles. The molecule has 1 atom stereocenters. The number of amides is 1. The summed E-state index contributed by atoms with van der Waals surface area (Å²) >= 11 is 0. The first-order valence-corrected chi connectivity index (χ1v) is 7.70. The molecule has 1 fully saturated rings. The van der Waals surface area contributed by atoms with Crippen LogP contribution in [-0.2, 0) is 17.8 Å². The van der Waals surface area contributed by atoms with Crippen LogP contribution >= 0.6 is 0 Å². The summed E-state index contributed by atoms with van der Waals surface area (Å²) in [5, 5.41) is 6.58. The molecule has 108 valence electrons. The van der Waals surface area contributed by atoms with E-state index in [1.807, 2.05) is 6.07 Å². The summed E-state index contributed by atoms with van der Waals surface area (Å²) in [7, 11) is 0. The molecule has 3 heteroatoms. The molecule has 2 aliphatic rings. The van der Waals surface area contributed by atoms with E-state index in [0.717, 1.165) is 38.0 Å². The fraction of sp³-hybridized carbons (Fsp3) is 0.588. The fourth-order valence-electron chi connectivity index (χ4n) is 3.66. The first-order valence-electron chi connectivity index (χ1n) is 7.70. The van der Waals surface area contributed by atoms with Crippen molar-refractivity contribution in [3.63, 3.8) is 0 Å². The fourth-order valence-corrected chi connectivity index (χ4v) is 3.66. The van der Waals surface area contributed by atoms with Crippen LogP contribution in [0, 0.1) is 11.3 Å². The molecule has 2 N–H and O–H groups in total. The van der Waals surface area contributed by atoms with Crippen molar-refractivity contribution in [2.75, 3.05) is 11.9 Å². The third-order valence-electron chi connectivity index (χ3n) is 4.98. The Morgan fingerprint density at radius 1 is 1.40 bits per heavy atom. The van der Waals surface area contributed by atoms with Crippen molar-refractivity contribution in [2.24, 2.45) is 11.3 Å². The molecule has 1 saturated carbocycles. The van der Waals surface area contributed by atoms with Gasteiger partial charge in [-0.1, -0.05) is 32.4 Å². The summed E-state index contributed by atoms with van der Waals surface area (Å²) in [6, 6.07) is 6.26. The molecule has 1 aromatic rings. The van der Waals surface area contributed by atoms with Crippen LogP contribution in [0.1, 0.15) is 44.2 Å². The van der Waals surface area contributed by atoms with Gasteiger partial charge < -0.3 is 10.6 Å². The summed E-state index contributed by atoms with van der Waals surface area (Å²) in [6.45, 7) is 6.32. The zero-order chi connectivity index (χ0) is 14.2. The number of hydrogen-bond donors (Lipinski definition) is 2. The summed E-state index contributed by atoms with van der Waals surface area (Å²) in [5.74, 6) is 0.348. The van der Waals surface area contributed by atoms with E-state index in [1.54, 1.807) is 0 Å². The molecule has 1 heterocycles. The molecule has 1 amide bonds. The van der Waals surface area contributed by atoms with Gasteiger partial charge in [0.2, 0.25) is 5.91 Å². The quantitative estimate of drug-likeness (QED) is 0.868. The highest BCUT2D eigenvalue weighted by molar-refractivity contribution is 5.94. The molecule has 0 saturated heterocycles. The molecule has 1 aromatic carbocycles. The molecule has 1 unspecified atom stereocenters. The molecule has 20 heavy (non-hydrogen) atoms. The minimum absolute atomic E-state index is 0.136. The van der Waals surface area contributed by atoms with E-state index in [9.17, 15) is 4.79 Å². The number of hydrogen-bond acceptors (Lipinski definition) is 2. The maximum atomic E-state index is 12.6. The molecule has 0 bridgehead atoms. The zero-order valence-electron chi connectivity index (χ0n) is 12.5. The van der Waals surface area contributed by atoms with Gasteiger partial charge in [-0.2, -0.15) is 0 Å². The largest absolute Gasteiger partial charge is 0.326 e. The number of rotatable bonds is 2. The lowest BCUT2D eigenvalue weighted by Crippen LogP contribution is -2.32. The zero-order valence-corrected chi connectivity index (χ0v) is 12.5.